The Hall–Kier alpha value is -2.98. The number of thiazole rings is 1. The monoisotopic (exact) mass is 345 g/mol. The molecule has 3 aromatic carbocycles. The standard InChI is InChI=1S/C21H15NO2S/c1-24-21(23)16-9-6-14(7-10-16)8-13-19-22-20-17-5-3-2-4-15(17)11-12-18(20)25-19/h2-13H,1H3. The highest BCUT2D eigenvalue weighted by Gasteiger charge is 2.06. The van der Waals surface area contributed by atoms with Crippen molar-refractivity contribution in [3.8, 4) is 0 Å². The van der Waals surface area contributed by atoms with Crippen LogP contribution in [0.3, 0.4) is 0 Å². The number of esters is 1. The van der Waals surface area contributed by atoms with Gasteiger partial charge < -0.3 is 4.74 Å². The Labute approximate surface area is 149 Å². The lowest BCUT2D eigenvalue weighted by atomic mass is 10.1. The summed E-state index contributed by atoms with van der Waals surface area (Å²) in [5.74, 6) is -0.325. The molecule has 0 amide bonds. The first-order valence-corrected chi connectivity index (χ1v) is 8.71. The van der Waals surface area contributed by atoms with Crippen molar-refractivity contribution in [3.63, 3.8) is 0 Å². The van der Waals surface area contributed by atoms with Crippen LogP contribution in [0.4, 0.5) is 0 Å². The molecule has 0 N–H and O–H groups in total. The van der Waals surface area contributed by atoms with Gasteiger partial charge in [0.2, 0.25) is 0 Å². The number of hydrogen-bond donors (Lipinski definition) is 0. The van der Waals surface area contributed by atoms with Crippen molar-refractivity contribution in [3.05, 3.63) is 76.8 Å². The van der Waals surface area contributed by atoms with Crippen LogP contribution < -0.4 is 0 Å². The van der Waals surface area contributed by atoms with Crippen LogP contribution in [0.5, 0.6) is 0 Å². The molecular formula is C21H15NO2S. The molecule has 1 heterocycles. The summed E-state index contributed by atoms with van der Waals surface area (Å²) in [6, 6.07) is 19.9. The number of rotatable bonds is 3. The van der Waals surface area contributed by atoms with Gasteiger partial charge in [-0.1, -0.05) is 48.5 Å². The van der Waals surface area contributed by atoms with Crippen molar-refractivity contribution in [2.45, 2.75) is 0 Å². The van der Waals surface area contributed by atoms with Crippen LogP contribution in [0.1, 0.15) is 20.9 Å². The van der Waals surface area contributed by atoms with Crippen molar-refractivity contribution < 1.29 is 9.53 Å². The lowest BCUT2D eigenvalue weighted by Gasteiger charge is -1.99. The number of aromatic nitrogens is 1. The molecule has 122 valence electrons. The number of carbonyl (C=O) groups is 1. The third-order valence-corrected chi connectivity index (χ3v) is 5.04. The molecule has 0 saturated heterocycles. The van der Waals surface area contributed by atoms with Crippen LogP contribution in [0, 0.1) is 0 Å². The third kappa shape index (κ3) is 3.04. The van der Waals surface area contributed by atoms with Crippen LogP contribution >= 0.6 is 11.3 Å². The van der Waals surface area contributed by atoms with Gasteiger partial charge in [0.25, 0.3) is 0 Å². The molecule has 25 heavy (non-hydrogen) atoms. The molecule has 0 aliphatic carbocycles. The largest absolute Gasteiger partial charge is 0.465 e. The van der Waals surface area contributed by atoms with Gasteiger partial charge in [-0.05, 0) is 35.2 Å². The average molecular weight is 345 g/mol. The van der Waals surface area contributed by atoms with Gasteiger partial charge in [-0.15, -0.1) is 11.3 Å². The molecule has 4 aromatic rings. The maximum absolute atomic E-state index is 11.5. The van der Waals surface area contributed by atoms with Crippen molar-refractivity contribution in [1.82, 2.24) is 4.98 Å². The molecule has 0 saturated carbocycles. The number of hydrogen-bond acceptors (Lipinski definition) is 4. The number of ether oxygens (including phenoxy) is 1. The normalized spacial score (nSPS) is 11.4. The summed E-state index contributed by atoms with van der Waals surface area (Å²) in [6.45, 7) is 0. The maximum atomic E-state index is 11.5. The molecule has 4 rings (SSSR count). The zero-order valence-electron chi connectivity index (χ0n) is 13.6. The number of methoxy groups -OCH3 is 1. The van der Waals surface area contributed by atoms with E-state index in [4.69, 9.17) is 9.72 Å². The predicted molar refractivity (Wildman–Crippen MR) is 104 cm³/mol. The molecular weight excluding hydrogens is 330 g/mol. The van der Waals surface area contributed by atoms with Crippen molar-refractivity contribution >= 4 is 50.4 Å². The van der Waals surface area contributed by atoms with Crippen molar-refractivity contribution in [1.29, 1.82) is 0 Å². The minimum absolute atomic E-state index is 0.325. The van der Waals surface area contributed by atoms with E-state index >= 15 is 0 Å². The van der Waals surface area contributed by atoms with E-state index in [1.807, 2.05) is 36.4 Å². The lowest BCUT2D eigenvalue weighted by molar-refractivity contribution is 0.0600. The topological polar surface area (TPSA) is 39.2 Å². The Balaban J connectivity index is 1.65. The van der Waals surface area contributed by atoms with Gasteiger partial charge in [-0.3, -0.25) is 0 Å². The number of carbonyl (C=O) groups excluding carboxylic acids is 1. The second-order valence-electron chi connectivity index (χ2n) is 5.63. The highest BCUT2D eigenvalue weighted by molar-refractivity contribution is 7.19. The van der Waals surface area contributed by atoms with Gasteiger partial charge in [-0.25, -0.2) is 9.78 Å². The second kappa shape index (κ2) is 6.49. The summed E-state index contributed by atoms with van der Waals surface area (Å²) in [5.41, 5.74) is 2.60. The molecule has 0 aliphatic rings. The Bertz CT molecular complexity index is 1090. The molecule has 1 aromatic heterocycles. The van der Waals surface area contributed by atoms with Gasteiger partial charge in [0.1, 0.15) is 5.01 Å². The van der Waals surface area contributed by atoms with Gasteiger partial charge in [0, 0.05) is 5.39 Å². The summed E-state index contributed by atoms with van der Waals surface area (Å²) < 4.78 is 5.89. The first-order valence-electron chi connectivity index (χ1n) is 7.89. The second-order valence-corrected chi connectivity index (χ2v) is 6.69. The Morgan fingerprint density at radius 1 is 1.00 bits per heavy atom. The van der Waals surface area contributed by atoms with Crippen molar-refractivity contribution in [2.75, 3.05) is 7.11 Å². The van der Waals surface area contributed by atoms with Crippen molar-refractivity contribution in [2.24, 2.45) is 0 Å². The van der Waals surface area contributed by atoms with E-state index in [0.717, 1.165) is 16.1 Å². The van der Waals surface area contributed by atoms with E-state index in [0.29, 0.717) is 5.56 Å². The third-order valence-electron chi connectivity index (χ3n) is 4.05. The summed E-state index contributed by atoms with van der Waals surface area (Å²) >= 11 is 1.67. The fraction of sp³-hybridized carbons (Fsp3) is 0.0476. The van der Waals surface area contributed by atoms with E-state index in [-0.39, 0.29) is 5.97 Å². The Kier molecular flexibility index (Phi) is 4.04. The number of benzene rings is 3. The van der Waals surface area contributed by atoms with E-state index in [1.54, 1.807) is 23.5 Å². The molecule has 0 unspecified atom stereocenters. The minimum atomic E-state index is -0.325. The molecule has 0 radical (unpaired) electrons. The predicted octanol–water partition coefficient (Wildman–Crippen LogP) is 5.41. The van der Waals surface area contributed by atoms with E-state index < -0.39 is 0 Å². The smallest absolute Gasteiger partial charge is 0.337 e. The fourth-order valence-corrected chi connectivity index (χ4v) is 3.65. The zero-order chi connectivity index (χ0) is 17.2. The highest BCUT2D eigenvalue weighted by atomic mass is 32.1. The van der Waals surface area contributed by atoms with Crippen LogP contribution in [0.2, 0.25) is 0 Å². The molecule has 4 heteroatoms. The highest BCUT2D eigenvalue weighted by Crippen LogP contribution is 2.30. The first kappa shape index (κ1) is 15.5. The van der Waals surface area contributed by atoms with E-state index in [9.17, 15) is 4.79 Å². The van der Waals surface area contributed by atoms with Crippen LogP contribution in [0.25, 0.3) is 33.1 Å². The van der Waals surface area contributed by atoms with Gasteiger partial charge in [0.05, 0.1) is 22.9 Å². The fourth-order valence-electron chi connectivity index (χ4n) is 2.77. The quantitative estimate of drug-likeness (QED) is 0.466. The SMILES string of the molecule is COC(=O)c1ccc(C=Cc2nc3c(ccc4ccccc43)s2)cc1. The summed E-state index contributed by atoms with van der Waals surface area (Å²) in [6.07, 6.45) is 4.01. The average Bonchev–Trinajstić information content (AvgIpc) is 3.10. The number of fused-ring (bicyclic) bond motifs is 3. The van der Waals surface area contributed by atoms with Crippen LogP contribution in [-0.2, 0) is 4.74 Å². The summed E-state index contributed by atoms with van der Waals surface area (Å²) in [5, 5.41) is 3.34. The lowest BCUT2D eigenvalue weighted by Crippen LogP contribution is -2.00. The van der Waals surface area contributed by atoms with E-state index in [2.05, 4.69) is 24.3 Å². The Morgan fingerprint density at radius 3 is 2.60 bits per heavy atom. The number of nitrogens with zero attached hydrogens (tertiary/aromatic N) is 1. The van der Waals surface area contributed by atoms with Gasteiger partial charge in [-0.2, -0.15) is 0 Å². The summed E-state index contributed by atoms with van der Waals surface area (Å²) in [4.78, 5) is 16.2. The Morgan fingerprint density at radius 2 is 1.80 bits per heavy atom. The molecule has 0 spiro atoms. The zero-order valence-corrected chi connectivity index (χ0v) is 14.4. The molecule has 3 nitrogen and oxygen atoms in total. The first-order chi connectivity index (χ1) is 12.2. The molecule has 0 bridgehead atoms. The van der Waals surface area contributed by atoms with E-state index in [1.165, 1.54) is 22.6 Å². The van der Waals surface area contributed by atoms with Gasteiger partial charge in [0.15, 0.2) is 0 Å². The maximum Gasteiger partial charge on any atom is 0.337 e. The van der Waals surface area contributed by atoms with Crippen LogP contribution in [0.15, 0.2) is 60.7 Å². The van der Waals surface area contributed by atoms with Gasteiger partial charge >= 0.3 is 5.97 Å². The molecule has 0 atom stereocenters. The summed E-state index contributed by atoms with van der Waals surface area (Å²) in [7, 11) is 1.38. The van der Waals surface area contributed by atoms with Crippen LogP contribution in [-0.4, -0.2) is 18.1 Å². The minimum Gasteiger partial charge on any atom is -0.465 e. The molecule has 0 aliphatic heterocycles. The molecule has 0 fully saturated rings.